The minimum Gasteiger partial charge on any atom is -0.436 e. The zero-order valence-corrected chi connectivity index (χ0v) is 16.5. The molecule has 4 rings (SSSR count). The number of aryl methyl sites for hydroxylation is 2. The van der Waals surface area contributed by atoms with Crippen molar-refractivity contribution in [1.82, 2.24) is 24.6 Å². The monoisotopic (exact) mass is 429 g/mol. The number of rotatable bonds is 6. The predicted molar refractivity (Wildman–Crippen MR) is 110 cm³/mol. The van der Waals surface area contributed by atoms with Crippen LogP contribution >= 0.6 is 11.6 Å². The number of anilines is 1. The molecule has 1 aromatic carbocycles. The molecule has 152 valence electrons. The fourth-order valence-corrected chi connectivity index (χ4v) is 2.73. The van der Waals surface area contributed by atoms with Crippen molar-refractivity contribution >= 4 is 28.9 Å². The Morgan fingerprint density at radius 2 is 2.03 bits per heavy atom. The molecular formula is C19H16ClN7O3. The van der Waals surface area contributed by atoms with E-state index in [9.17, 15) is 10.1 Å². The van der Waals surface area contributed by atoms with Gasteiger partial charge in [0.05, 0.1) is 11.2 Å². The lowest BCUT2D eigenvalue weighted by molar-refractivity contribution is -0.391. The molecule has 0 bridgehead atoms. The zero-order chi connectivity index (χ0) is 24.7. The molecule has 0 amide bonds. The van der Waals surface area contributed by atoms with Gasteiger partial charge in [-0.05, 0) is 41.5 Å². The molecule has 0 radical (unpaired) electrons. The summed E-state index contributed by atoms with van der Waals surface area (Å²) >= 11 is 6.22. The van der Waals surface area contributed by atoms with Gasteiger partial charge in [-0.2, -0.15) is 0 Å². The van der Waals surface area contributed by atoms with Crippen molar-refractivity contribution in [3.05, 3.63) is 74.7 Å². The molecule has 4 aromatic rings. The molecule has 3 heterocycles. The highest BCUT2D eigenvalue weighted by Gasteiger charge is 2.16. The van der Waals surface area contributed by atoms with E-state index in [4.69, 9.17) is 21.8 Å². The number of ether oxygens (including phenoxy) is 1. The maximum atomic E-state index is 11.1. The summed E-state index contributed by atoms with van der Waals surface area (Å²) in [5.74, 6) is -0.145. The number of halogens is 1. The Balaban J connectivity index is 1.67. The Bertz CT molecular complexity index is 1440. The molecule has 0 aliphatic carbocycles. The van der Waals surface area contributed by atoms with Crippen molar-refractivity contribution in [3.63, 3.8) is 0 Å². The first-order valence-corrected chi connectivity index (χ1v) is 8.97. The normalized spacial score (nSPS) is 12.8. The van der Waals surface area contributed by atoms with Crippen LogP contribution in [0.15, 0.2) is 42.5 Å². The van der Waals surface area contributed by atoms with Crippen LogP contribution in [0.1, 0.15) is 22.6 Å². The first-order chi connectivity index (χ1) is 16.1. The molecule has 0 saturated heterocycles. The molecule has 10 nitrogen and oxygen atoms in total. The summed E-state index contributed by atoms with van der Waals surface area (Å²) in [6, 6.07) is 1.21. The highest BCUT2D eigenvalue weighted by molar-refractivity contribution is 6.33. The minimum absolute atomic E-state index is 0.0704. The number of benzene rings is 1. The summed E-state index contributed by atoms with van der Waals surface area (Å²) in [5.41, 5.74) is 0.831. The van der Waals surface area contributed by atoms with Crippen LogP contribution in [0.5, 0.6) is 11.6 Å². The van der Waals surface area contributed by atoms with Gasteiger partial charge in [-0.25, -0.2) is 15.0 Å². The maximum Gasteiger partial charge on any atom is 0.368 e. The Kier molecular flexibility index (Phi) is 3.98. The summed E-state index contributed by atoms with van der Waals surface area (Å²) in [7, 11) is 0. The SMILES string of the molecule is [2H]c1c([2H])c(Oc2ccc3ncc([N+](=O)[O-])n3n2)c([2H])c([2H])c1CNc1nc(C)nc(C)c1Cl. The van der Waals surface area contributed by atoms with Crippen LogP contribution in [0.3, 0.4) is 0 Å². The van der Waals surface area contributed by atoms with Crippen molar-refractivity contribution in [3.8, 4) is 11.6 Å². The number of hydrogen-bond acceptors (Lipinski definition) is 8. The molecule has 0 unspecified atom stereocenters. The lowest BCUT2D eigenvalue weighted by atomic mass is 10.2. The van der Waals surface area contributed by atoms with Crippen molar-refractivity contribution in [2.75, 3.05) is 5.32 Å². The Morgan fingerprint density at radius 1 is 1.27 bits per heavy atom. The summed E-state index contributed by atoms with van der Waals surface area (Å²) in [5, 5.41) is 18.3. The van der Waals surface area contributed by atoms with Crippen LogP contribution in [0, 0.1) is 24.0 Å². The fourth-order valence-electron chi connectivity index (χ4n) is 2.58. The van der Waals surface area contributed by atoms with Crippen molar-refractivity contribution in [2.24, 2.45) is 0 Å². The Labute approximate surface area is 181 Å². The van der Waals surface area contributed by atoms with E-state index < -0.39 is 22.8 Å². The highest BCUT2D eigenvalue weighted by atomic mass is 35.5. The number of aromatic nitrogens is 5. The molecule has 0 atom stereocenters. The van der Waals surface area contributed by atoms with Gasteiger partial charge < -0.3 is 20.2 Å². The summed E-state index contributed by atoms with van der Waals surface area (Å²) in [6.45, 7) is 3.32. The molecule has 0 aliphatic heterocycles. The molecule has 11 heteroatoms. The lowest BCUT2D eigenvalue weighted by Gasteiger charge is -2.10. The van der Waals surface area contributed by atoms with Gasteiger partial charge in [-0.15, -0.1) is 0 Å². The minimum atomic E-state index is -0.666. The van der Waals surface area contributed by atoms with E-state index in [2.05, 4.69) is 25.4 Å². The van der Waals surface area contributed by atoms with Gasteiger partial charge in [0.2, 0.25) is 5.65 Å². The van der Waals surface area contributed by atoms with Gasteiger partial charge >= 0.3 is 5.82 Å². The highest BCUT2D eigenvalue weighted by Crippen LogP contribution is 2.24. The lowest BCUT2D eigenvalue weighted by Crippen LogP contribution is -2.05. The average molecular weight is 430 g/mol. The number of fused-ring (bicyclic) bond motifs is 1. The first-order valence-electron chi connectivity index (χ1n) is 10.6. The molecule has 0 saturated carbocycles. The largest absolute Gasteiger partial charge is 0.436 e. The molecular weight excluding hydrogens is 410 g/mol. The van der Waals surface area contributed by atoms with Crippen molar-refractivity contribution in [2.45, 2.75) is 20.4 Å². The van der Waals surface area contributed by atoms with Crippen LogP contribution in [-0.4, -0.2) is 29.5 Å². The smallest absolute Gasteiger partial charge is 0.368 e. The van der Waals surface area contributed by atoms with Gasteiger partial charge in [0.15, 0.2) is 0 Å². The Hall–Kier alpha value is -3.79. The second kappa shape index (κ2) is 7.91. The summed E-state index contributed by atoms with van der Waals surface area (Å²) in [4.78, 5) is 22.7. The van der Waals surface area contributed by atoms with Crippen LogP contribution in [-0.2, 0) is 6.54 Å². The summed E-state index contributed by atoms with van der Waals surface area (Å²) in [6.07, 6.45) is 1.04. The first kappa shape index (κ1) is 15.1. The van der Waals surface area contributed by atoms with Crippen LogP contribution in [0.25, 0.3) is 5.65 Å². The second-order valence-electron chi connectivity index (χ2n) is 6.10. The molecule has 3 aromatic heterocycles. The number of imidazole rings is 1. The van der Waals surface area contributed by atoms with E-state index in [1.165, 1.54) is 12.1 Å². The standard InChI is InChI=1S/C19H16ClN7O3/c1-11-18(20)19(24-12(2)23-11)22-9-13-3-5-14(6-4-13)30-16-8-7-15-21-10-17(27(28)29)26(15)25-16/h3-8,10H,9H2,1-2H3,(H,22,23,24)/i3D,4D,5D,6D. The van der Waals surface area contributed by atoms with Crippen LogP contribution in [0.4, 0.5) is 11.6 Å². The number of hydrogen-bond donors (Lipinski definition) is 1. The quantitative estimate of drug-likeness (QED) is 0.359. The van der Waals surface area contributed by atoms with E-state index in [1.807, 2.05) is 0 Å². The van der Waals surface area contributed by atoms with Crippen molar-refractivity contribution in [1.29, 1.82) is 0 Å². The van der Waals surface area contributed by atoms with Gasteiger partial charge in [0.1, 0.15) is 28.6 Å². The Morgan fingerprint density at radius 3 is 2.77 bits per heavy atom. The van der Waals surface area contributed by atoms with Crippen molar-refractivity contribution < 1.29 is 15.1 Å². The van der Waals surface area contributed by atoms with E-state index in [-0.39, 0.29) is 46.5 Å². The topological polar surface area (TPSA) is 120 Å². The van der Waals surface area contributed by atoms with E-state index in [0.29, 0.717) is 17.3 Å². The van der Waals surface area contributed by atoms with Crippen LogP contribution in [0.2, 0.25) is 5.02 Å². The van der Waals surface area contributed by atoms with E-state index in [1.54, 1.807) is 13.8 Å². The van der Waals surface area contributed by atoms with Gasteiger partial charge in [-0.1, -0.05) is 28.2 Å². The average Bonchev–Trinajstić information content (AvgIpc) is 3.22. The second-order valence-corrected chi connectivity index (χ2v) is 6.48. The third-order valence-electron chi connectivity index (χ3n) is 3.93. The third-order valence-corrected chi connectivity index (χ3v) is 4.38. The van der Waals surface area contributed by atoms with Gasteiger partial charge in [-0.3, -0.25) is 0 Å². The number of nitrogens with zero attached hydrogens (tertiary/aromatic N) is 6. The third kappa shape index (κ3) is 3.98. The number of nitro groups is 1. The fraction of sp³-hybridized carbons (Fsp3) is 0.158. The molecule has 30 heavy (non-hydrogen) atoms. The zero-order valence-electron chi connectivity index (χ0n) is 19.7. The van der Waals surface area contributed by atoms with Gasteiger partial charge in [0, 0.05) is 18.7 Å². The molecule has 0 aliphatic rings. The maximum absolute atomic E-state index is 11.1. The molecule has 1 N–H and O–H groups in total. The number of nitrogens with one attached hydrogen (secondary N) is 1. The van der Waals surface area contributed by atoms with Gasteiger partial charge in [0.25, 0.3) is 5.88 Å². The summed E-state index contributed by atoms with van der Waals surface area (Å²) < 4.78 is 39.8. The van der Waals surface area contributed by atoms with Crippen LogP contribution < -0.4 is 10.1 Å². The van der Waals surface area contributed by atoms with E-state index >= 15 is 0 Å². The molecule has 0 spiro atoms. The molecule has 0 fully saturated rings. The van der Waals surface area contributed by atoms with E-state index in [0.717, 1.165) is 10.7 Å². The predicted octanol–water partition coefficient (Wildman–Crippen LogP) is 4.10.